The Hall–Kier alpha value is -2.80. The Morgan fingerprint density at radius 1 is 0.765 bits per heavy atom. The van der Waals surface area contributed by atoms with Gasteiger partial charge in [0, 0.05) is 15.1 Å². The molecule has 2 atom stereocenters. The fraction of sp³-hybridized carbons (Fsp3) is 0.120. The number of alkyl halides is 3. The second-order valence-corrected chi connectivity index (χ2v) is 8.88. The van der Waals surface area contributed by atoms with Crippen molar-refractivity contribution in [1.82, 2.24) is 4.90 Å². The minimum atomic E-state index is -4.70. The Morgan fingerprint density at radius 3 is 1.82 bits per heavy atom. The summed E-state index contributed by atoms with van der Waals surface area (Å²) in [6.45, 7) is 0. The highest BCUT2D eigenvalue weighted by molar-refractivity contribution is 6.34. The number of carbonyl (C=O) groups is 2. The van der Waals surface area contributed by atoms with E-state index in [2.05, 4.69) is 0 Å². The summed E-state index contributed by atoms with van der Waals surface area (Å²) in [5.74, 6) is -3.34. The van der Waals surface area contributed by atoms with Crippen LogP contribution in [-0.4, -0.2) is 22.9 Å². The van der Waals surface area contributed by atoms with E-state index in [-0.39, 0.29) is 31.8 Å². The van der Waals surface area contributed by atoms with Crippen molar-refractivity contribution < 1.29 is 22.8 Å². The molecule has 0 aromatic heterocycles. The molecule has 0 N–H and O–H groups in total. The van der Waals surface area contributed by atoms with Gasteiger partial charge in [0.25, 0.3) is 11.8 Å². The van der Waals surface area contributed by atoms with Crippen molar-refractivity contribution in [2.75, 3.05) is 0 Å². The van der Waals surface area contributed by atoms with Gasteiger partial charge in [-0.05, 0) is 47.5 Å². The lowest BCUT2D eigenvalue weighted by Gasteiger charge is -2.26. The van der Waals surface area contributed by atoms with Gasteiger partial charge in [0.05, 0.1) is 23.1 Å². The maximum atomic E-state index is 14.0. The monoisotopic (exact) mass is 523 g/mol. The number of hydrogen-bond acceptors (Lipinski definition) is 2. The van der Waals surface area contributed by atoms with Crippen LogP contribution in [0.4, 0.5) is 13.2 Å². The third kappa shape index (κ3) is 4.71. The van der Waals surface area contributed by atoms with E-state index < -0.39 is 30.0 Å². The van der Waals surface area contributed by atoms with Crippen LogP contribution in [0.5, 0.6) is 0 Å². The van der Waals surface area contributed by atoms with Crippen LogP contribution in [-0.2, 0) is 0 Å². The third-order valence-electron chi connectivity index (χ3n) is 5.41. The molecule has 174 valence electrons. The van der Waals surface area contributed by atoms with E-state index in [1.807, 2.05) is 0 Å². The van der Waals surface area contributed by atoms with Crippen LogP contribution >= 0.6 is 34.8 Å². The highest BCUT2D eigenvalue weighted by atomic mass is 35.5. The number of halogens is 6. The SMILES string of the molecule is O=C1c2ccccc2C(=O)N1C(/C=C/C(c1cc(Cl)cc(Cl)c1)C(F)(F)F)c1ccccc1Cl. The molecule has 1 aliphatic heterocycles. The second kappa shape index (κ2) is 9.45. The van der Waals surface area contributed by atoms with Gasteiger partial charge in [-0.3, -0.25) is 14.5 Å². The van der Waals surface area contributed by atoms with Gasteiger partial charge in [-0.15, -0.1) is 0 Å². The summed E-state index contributed by atoms with van der Waals surface area (Å²) in [6.07, 6.45) is -2.65. The van der Waals surface area contributed by atoms with Crippen LogP contribution in [0.1, 0.15) is 43.8 Å². The first kappa shape index (κ1) is 24.3. The van der Waals surface area contributed by atoms with Gasteiger partial charge in [-0.25, -0.2) is 0 Å². The van der Waals surface area contributed by atoms with Gasteiger partial charge >= 0.3 is 6.18 Å². The predicted octanol–water partition coefficient (Wildman–Crippen LogP) is 7.89. The van der Waals surface area contributed by atoms with E-state index in [1.54, 1.807) is 30.3 Å². The molecule has 0 saturated heterocycles. The molecule has 4 rings (SSSR count). The van der Waals surface area contributed by atoms with Gasteiger partial charge in [0.2, 0.25) is 0 Å². The van der Waals surface area contributed by atoms with Crippen molar-refractivity contribution in [2.45, 2.75) is 18.1 Å². The Bertz CT molecular complexity index is 1250. The molecular weight excluding hydrogens is 510 g/mol. The second-order valence-electron chi connectivity index (χ2n) is 7.60. The van der Waals surface area contributed by atoms with E-state index in [1.165, 1.54) is 36.4 Å². The predicted molar refractivity (Wildman–Crippen MR) is 126 cm³/mol. The highest BCUT2D eigenvalue weighted by Crippen LogP contribution is 2.41. The van der Waals surface area contributed by atoms with Crippen molar-refractivity contribution in [3.8, 4) is 0 Å². The zero-order chi connectivity index (χ0) is 24.6. The van der Waals surface area contributed by atoms with E-state index in [0.29, 0.717) is 5.56 Å². The van der Waals surface area contributed by atoms with Gasteiger partial charge < -0.3 is 0 Å². The maximum Gasteiger partial charge on any atom is 0.399 e. The zero-order valence-electron chi connectivity index (χ0n) is 17.2. The van der Waals surface area contributed by atoms with E-state index in [0.717, 1.165) is 17.1 Å². The molecule has 1 aliphatic rings. The number of benzene rings is 3. The van der Waals surface area contributed by atoms with Gasteiger partial charge in [-0.2, -0.15) is 13.2 Å². The molecule has 3 nitrogen and oxygen atoms in total. The summed E-state index contributed by atoms with van der Waals surface area (Å²) in [7, 11) is 0. The van der Waals surface area contributed by atoms with Gasteiger partial charge in [0.15, 0.2) is 0 Å². The summed E-state index contributed by atoms with van der Waals surface area (Å²) >= 11 is 18.2. The van der Waals surface area contributed by atoms with Crippen LogP contribution in [0.25, 0.3) is 0 Å². The van der Waals surface area contributed by atoms with Crippen LogP contribution in [0.3, 0.4) is 0 Å². The summed E-state index contributed by atoms with van der Waals surface area (Å²) in [6, 6.07) is 15.0. The number of rotatable bonds is 5. The Morgan fingerprint density at radius 2 is 1.29 bits per heavy atom. The summed E-state index contributed by atoms with van der Waals surface area (Å²) in [5.41, 5.74) is 0.473. The van der Waals surface area contributed by atoms with Crippen molar-refractivity contribution in [1.29, 1.82) is 0 Å². The first-order valence-corrected chi connectivity index (χ1v) is 11.1. The highest BCUT2D eigenvalue weighted by Gasteiger charge is 2.42. The standard InChI is InChI=1S/C25H15Cl3F3NO2/c26-15-11-14(12-16(27)13-15)20(25(29,30)31)9-10-22(19-7-3-4-8-21(19)28)32-23(33)17-5-1-2-6-18(17)24(32)34/h1-13,20,22H/b10-9+. The number of amides is 2. The number of carbonyl (C=O) groups excluding carboxylic acids is 2. The number of fused-ring (bicyclic) bond motifs is 1. The Labute approximate surface area is 208 Å². The van der Waals surface area contributed by atoms with Crippen molar-refractivity contribution in [3.05, 3.63) is 116 Å². The fourth-order valence-corrected chi connectivity index (χ4v) is 4.68. The summed E-state index contributed by atoms with van der Waals surface area (Å²) in [4.78, 5) is 27.1. The summed E-state index contributed by atoms with van der Waals surface area (Å²) in [5, 5.41) is 0.296. The lowest BCUT2D eigenvalue weighted by molar-refractivity contribution is -0.139. The number of allylic oxidation sites excluding steroid dienone is 1. The zero-order valence-corrected chi connectivity index (χ0v) is 19.5. The molecule has 0 radical (unpaired) electrons. The molecule has 0 aliphatic carbocycles. The molecule has 0 fully saturated rings. The maximum absolute atomic E-state index is 14.0. The Balaban J connectivity index is 1.82. The average molecular weight is 525 g/mol. The van der Waals surface area contributed by atoms with Crippen LogP contribution in [0.15, 0.2) is 78.9 Å². The van der Waals surface area contributed by atoms with Crippen molar-refractivity contribution in [3.63, 3.8) is 0 Å². The van der Waals surface area contributed by atoms with Gasteiger partial charge in [0.1, 0.15) is 0 Å². The molecule has 0 saturated carbocycles. The number of hydrogen-bond donors (Lipinski definition) is 0. The molecule has 3 aromatic carbocycles. The first-order valence-electron chi connectivity index (χ1n) is 10.0. The fourth-order valence-electron chi connectivity index (χ4n) is 3.88. The summed E-state index contributed by atoms with van der Waals surface area (Å²) < 4.78 is 42.1. The molecule has 1 heterocycles. The normalized spacial score (nSPS) is 15.6. The molecule has 0 spiro atoms. The molecule has 9 heteroatoms. The molecule has 3 aromatic rings. The van der Waals surface area contributed by atoms with Crippen LogP contribution in [0, 0.1) is 0 Å². The lowest BCUT2D eigenvalue weighted by atomic mass is 9.95. The minimum Gasteiger partial charge on any atom is -0.269 e. The van der Waals surface area contributed by atoms with Gasteiger partial charge in [-0.1, -0.05) is 77.3 Å². The average Bonchev–Trinajstić information content (AvgIpc) is 3.01. The topological polar surface area (TPSA) is 37.4 Å². The van der Waals surface area contributed by atoms with E-state index in [4.69, 9.17) is 34.8 Å². The van der Waals surface area contributed by atoms with Crippen LogP contribution in [0.2, 0.25) is 15.1 Å². The molecule has 2 amide bonds. The molecular formula is C25H15Cl3F3NO2. The van der Waals surface area contributed by atoms with E-state index in [9.17, 15) is 22.8 Å². The van der Waals surface area contributed by atoms with Crippen molar-refractivity contribution in [2.24, 2.45) is 0 Å². The first-order chi connectivity index (χ1) is 16.1. The molecule has 34 heavy (non-hydrogen) atoms. The lowest BCUT2D eigenvalue weighted by Crippen LogP contribution is -2.33. The number of nitrogens with zero attached hydrogens (tertiary/aromatic N) is 1. The largest absolute Gasteiger partial charge is 0.399 e. The molecule has 0 bridgehead atoms. The quantitative estimate of drug-likeness (QED) is 0.251. The van der Waals surface area contributed by atoms with E-state index >= 15 is 0 Å². The number of imide groups is 1. The molecule has 2 unspecified atom stereocenters. The minimum absolute atomic E-state index is 0.0492. The smallest absolute Gasteiger partial charge is 0.269 e. The third-order valence-corrected chi connectivity index (χ3v) is 6.19. The van der Waals surface area contributed by atoms with Crippen LogP contribution < -0.4 is 0 Å². The Kier molecular flexibility index (Phi) is 6.76. The van der Waals surface area contributed by atoms with Crippen molar-refractivity contribution >= 4 is 46.6 Å².